The lowest BCUT2D eigenvalue weighted by Crippen LogP contribution is -2.37. The van der Waals surface area contributed by atoms with Gasteiger partial charge in [-0.05, 0) is 38.2 Å². The van der Waals surface area contributed by atoms with Gasteiger partial charge in [-0.15, -0.1) is 0 Å². The molecule has 17 heavy (non-hydrogen) atoms. The molecule has 0 saturated heterocycles. The molecule has 2 heteroatoms. The molecule has 2 nitrogen and oxygen atoms in total. The number of methoxy groups -OCH3 is 1. The first kappa shape index (κ1) is 12.6. The SMILES string of the molecule is COC(c1ccccc1)[C@H]1C[C@H](OC(C)C)C1. The maximum atomic E-state index is 5.79. The van der Waals surface area contributed by atoms with E-state index in [9.17, 15) is 0 Å². The van der Waals surface area contributed by atoms with E-state index in [4.69, 9.17) is 9.47 Å². The maximum absolute atomic E-state index is 5.79. The van der Waals surface area contributed by atoms with E-state index in [1.54, 1.807) is 7.11 Å². The molecule has 0 spiro atoms. The molecular formula is C15H22O2. The molecule has 1 aromatic rings. The molecule has 0 bridgehead atoms. The average Bonchev–Trinajstić information content (AvgIpc) is 2.27. The number of benzene rings is 1. The number of rotatable bonds is 5. The third kappa shape index (κ3) is 3.08. The third-order valence-electron chi connectivity index (χ3n) is 3.41. The van der Waals surface area contributed by atoms with E-state index < -0.39 is 0 Å². The number of hydrogen-bond donors (Lipinski definition) is 0. The molecule has 0 N–H and O–H groups in total. The summed E-state index contributed by atoms with van der Waals surface area (Å²) in [5.41, 5.74) is 1.28. The lowest BCUT2D eigenvalue weighted by atomic mass is 9.76. The van der Waals surface area contributed by atoms with Gasteiger partial charge in [0.25, 0.3) is 0 Å². The van der Waals surface area contributed by atoms with Crippen LogP contribution in [0.15, 0.2) is 30.3 Å². The van der Waals surface area contributed by atoms with Crippen molar-refractivity contribution in [3.05, 3.63) is 35.9 Å². The van der Waals surface area contributed by atoms with Crippen molar-refractivity contribution in [1.82, 2.24) is 0 Å². The van der Waals surface area contributed by atoms with Gasteiger partial charge in [0.2, 0.25) is 0 Å². The highest BCUT2D eigenvalue weighted by Crippen LogP contribution is 2.41. The van der Waals surface area contributed by atoms with Gasteiger partial charge >= 0.3 is 0 Å². The average molecular weight is 234 g/mol. The van der Waals surface area contributed by atoms with Crippen molar-refractivity contribution < 1.29 is 9.47 Å². The van der Waals surface area contributed by atoms with E-state index >= 15 is 0 Å². The highest BCUT2D eigenvalue weighted by Gasteiger charge is 2.36. The van der Waals surface area contributed by atoms with Crippen LogP contribution in [0.25, 0.3) is 0 Å². The largest absolute Gasteiger partial charge is 0.376 e. The van der Waals surface area contributed by atoms with Gasteiger partial charge in [0.15, 0.2) is 0 Å². The molecule has 0 aliphatic heterocycles. The van der Waals surface area contributed by atoms with E-state index in [0.717, 1.165) is 12.8 Å². The fourth-order valence-corrected chi connectivity index (χ4v) is 2.59. The van der Waals surface area contributed by atoms with Gasteiger partial charge < -0.3 is 9.47 Å². The third-order valence-corrected chi connectivity index (χ3v) is 3.41. The van der Waals surface area contributed by atoms with Crippen molar-refractivity contribution in [1.29, 1.82) is 0 Å². The summed E-state index contributed by atoms with van der Waals surface area (Å²) < 4.78 is 11.4. The van der Waals surface area contributed by atoms with Gasteiger partial charge in [-0.3, -0.25) is 0 Å². The van der Waals surface area contributed by atoms with Gasteiger partial charge in [0, 0.05) is 7.11 Å². The standard InChI is InChI=1S/C15H22O2/c1-11(2)17-14-9-13(10-14)15(16-3)12-7-5-4-6-8-12/h4-8,11,13-15H,9-10H2,1-3H3/t13-,14-,15?. The molecule has 0 amide bonds. The molecular weight excluding hydrogens is 212 g/mol. The molecule has 1 saturated carbocycles. The van der Waals surface area contributed by atoms with E-state index in [-0.39, 0.29) is 6.10 Å². The monoisotopic (exact) mass is 234 g/mol. The van der Waals surface area contributed by atoms with Crippen LogP contribution in [-0.2, 0) is 9.47 Å². The van der Waals surface area contributed by atoms with Crippen LogP contribution in [0.4, 0.5) is 0 Å². The summed E-state index contributed by atoms with van der Waals surface area (Å²) in [5, 5.41) is 0. The first-order valence-electron chi connectivity index (χ1n) is 6.44. The Labute approximate surface area is 104 Å². The molecule has 0 heterocycles. The molecule has 0 aromatic heterocycles. The summed E-state index contributed by atoms with van der Waals surface area (Å²) >= 11 is 0. The van der Waals surface area contributed by atoms with Crippen molar-refractivity contribution in [2.75, 3.05) is 7.11 Å². The lowest BCUT2D eigenvalue weighted by molar-refractivity contribution is -0.101. The minimum absolute atomic E-state index is 0.225. The Morgan fingerprint density at radius 1 is 1.12 bits per heavy atom. The molecule has 1 aromatic carbocycles. The first-order valence-corrected chi connectivity index (χ1v) is 6.44. The van der Waals surface area contributed by atoms with Gasteiger partial charge in [-0.25, -0.2) is 0 Å². The van der Waals surface area contributed by atoms with Crippen LogP contribution in [0.2, 0.25) is 0 Å². The smallest absolute Gasteiger partial charge is 0.0851 e. The second kappa shape index (κ2) is 5.65. The molecule has 1 aliphatic carbocycles. The zero-order valence-corrected chi connectivity index (χ0v) is 10.9. The Bertz CT molecular complexity index is 328. The van der Waals surface area contributed by atoms with Crippen LogP contribution >= 0.6 is 0 Å². The van der Waals surface area contributed by atoms with E-state index in [1.165, 1.54) is 5.56 Å². The summed E-state index contributed by atoms with van der Waals surface area (Å²) in [6, 6.07) is 10.5. The Balaban J connectivity index is 1.90. The van der Waals surface area contributed by atoms with Crippen molar-refractivity contribution in [2.24, 2.45) is 5.92 Å². The van der Waals surface area contributed by atoms with Crippen molar-refractivity contribution in [3.8, 4) is 0 Å². The maximum Gasteiger partial charge on any atom is 0.0851 e. The van der Waals surface area contributed by atoms with Crippen molar-refractivity contribution >= 4 is 0 Å². The second-order valence-corrected chi connectivity index (χ2v) is 5.11. The van der Waals surface area contributed by atoms with Gasteiger partial charge in [-0.2, -0.15) is 0 Å². The lowest BCUT2D eigenvalue weighted by Gasteiger charge is -2.40. The van der Waals surface area contributed by atoms with Crippen LogP contribution in [0.3, 0.4) is 0 Å². The summed E-state index contributed by atoms with van der Waals surface area (Å²) in [5.74, 6) is 0.603. The molecule has 1 fully saturated rings. The first-order chi connectivity index (χ1) is 8.20. The normalized spacial score (nSPS) is 25.6. The molecule has 1 aliphatic rings. The zero-order chi connectivity index (χ0) is 12.3. The highest BCUT2D eigenvalue weighted by molar-refractivity contribution is 5.19. The fraction of sp³-hybridized carbons (Fsp3) is 0.600. The van der Waals surface area contributed by atoms with E-state index in [2.05, 4.69) is 38.1 Å². The van der Waals surface area contributed by atoms with Gasteiger partial charge in [-0.1, -0.05) is 30.3 Å². The summed E-state index contributed by atoms with van der Waals surface area (Å²) in [4.78, 5) is 0. The topological polar surface area (TPSA) is 18.5 Å². The minimum Gasteiger partial charge on any atom is -0.376 e. The Morgan fingerprint density at radius 2 is 1.76 bits per heavy atom. The van der Waals surface area contributed by atoms with E-state index in [0.29, 0.717) is 18.1 Å². The van der Waals surface area contributed by atoms with E-state index in [1.807, 2.05) is 6.07 Å². The van der Waals surface area contributed by atoms with Gasteiger partial charge in [0.05, 0.1) is 18.3 Å². The van der Waals surface area contributed by atoms with Crippen LogP contribution in [0.1, 0.15) is 38.4 Å². The Hall–Kier alpha value is -0.860. The summed E-state index contributed by atoms with van der Waals surface area (Å²) in [7, 11) is 1.80. The quantitative estimate of drug-likeness (QED) is 0.775. The summed E-state index contributed by atoms with van der Waals surface area (Å²) in [6.07, 6.45) is 3.22. The van der Waals surface area contributed by atoms with Crippen molar-refractivity contribution in [3.63, 3.8) is 0 Å². The Kier molecular flexibility index (Phi) is 4.19. The zero-order valence-electron chi connectivity index (χ0n) is 10.9. The predicted octanol–water partition coefficient (Wildman–Crippen LogP) is 3.58. The summed E-state index contributed by atoms with van der Waals surface area (Å²) in [6.45, 7) is 4.19. The predicted molar refractivity (Wildman–Crippen MR) is 68.9 cm³/mol. The molecule has 94 valence electrons. The van der Waals surface area contributed by atoms with Crippen LogP contribution in [0.5, 0.6) is 0 Å². The fourth-order valence-electron chi connectivity index (χ4n) is 2.59. The number of ether oxygens (including phenoxy) is 2. The molecule has 1 unspecified atom stereocenters. The van der Waals surface area contributed by atoms with Crippen LogP contribution in [-0.4, -0.2) is 19.3 Å². The second-order valence-electron chi connectivity index (χ2n) is 5.11. The Morgan fingerprint density at radius 3 is 2.29 bits per heavy atom. The van der Waals surface area contributed by atoms with Crippen LogP contribution in [0, 0.1) is 5.92 Å². The minimum atomic E-state index is 0.225. The van der Waals surface area contributed by atoms with Gasteiger partial charge in [0.1, 0.15) is 0 Å². The number of hydrogen-bond acceptors (Lipinski definition) is 2. The highest BCUT2D eigenvalue weighted by atomic mass is 16.5. The molecule has 1 atom stereocenters. The molecule has 0 radical (unpaired) electrons. The van der Waals surface area contributed by atoms with Crippen LogP contribution < -0.4 is 0 Å². The van der Waals surface area contributed by atoms with Crippen molar-refractivity contribution in [2.45, 2.75) is 45.0 Å². The molecule has 2 rings (SSSR count).